The first-order chi connectivity index (χ1) is 34.9. The molecule has 0 saturated heterocycles. The van der Waals surface area contributed by atoms with Crippen molar-refractivity contribution in [3.8, 4) is 90.1 Å². The first kappa shape index (κ1) is 55.0. The Bertz CT molecular complexity index is 2450. The summed E-state index contributed by atoms with van der Waals surface area (Å²) in [5.74, 6) is 1.98. The summed E-state index contributed by atoms with van der Waals surface area (Å²) in [6.07, 6.45) is -7.04. The number of aliphatic hydroxyl groups is 12. The Morgan fingerprint density at radius 2 is 0.486 bits per heavy atom. The zero-order valence-electron chi connectivity index (χ0n) is 39.3. The molecule has 72 heavy (non-hydrogen) atoms. The van der Waals surface area contributed by atoms with Crippen LogP contribution in [0.3, 0.4) is 0 Å². The number of aliphatic hydroxyl groups excluding tert-OH is 12. The van der Waals surface area contributed by atoms with Gasteiger partial charge in [0.2, 0.25) is 0 Å². The number of hydrogen-bond acceptors (Lipinski definition) is 18. The minimum Gasteiger partial charge on any atom is -0.491 e. The lowest BCUT2D eigenvalue weighted by Crippen LogP contribution is -2.22. The third-order valence-electron chi connectivity index (χ3n) is 11.0. The lowest BCUT2D eigenvalue weighted by Gasteiger charge is -2.21. The summed E-state index contributed by atoms with van der Waals surface area (Å²) >= 11 is 0. The summed E-state index contributed by atoms with van der Waals surface area (Å²) in [6, 6.07) is 35.3. The third kappa shape index (κ3) is 15.3. The SMILES string of the molecule is OCC(O)COc1cccc(-c2ccc(-c3ccc(-c4ccc(-c5ccc(-c6cccc(OCC(O)CO)c6)cc5OCC(O)CO)c(OCC(O)CO)c4)cc3OCC(O)CO)c(OCC(O)CO)c2)c1. The largest absolute Gasteiger partial charge is 0.491 e. The molecule has 0 bridgehead atoms. The van der Waals surface area contributed by atoms with Crippen LogP contribution in [0.25, 0.3) is 55.6 Å². The van der Waals surface area contributed by atoms with E-state index in [1.54, 1.807) is 97.1 Å². The minimum absolute atomic E-state index is 0.126. The van der Waals surface area contributed by atoms with Crippen molar-refractivity contribution in [2.24, 2.45) is 0 Å². The minimum atomic E-state index is -1.24. The average molecular weight is 999 g/mol. The highest BCUT2D eigenvalue weighted by molar-refractivity contribution is 5.85. The molecule has 18 heteroatoms. The molecular weight excluding hydrogens is 937 g/mol. The molecule has 0 aromatic heterocycles. The number of benzene rings is 6. The third-order valence-corrected chi connectivity index (χ3v) is 11.0. The summed E-state index contributed by atoms with van der Waals surface area (Å²) in [5, 5.41) is 118. The Kier molecular flexibility index (Phi) is 21.0. The van der Waals surface area contributed by atoms with Gasteiger partial charge in [0.05, 0.1) is 39.6 Å². The fourth-order valence-corrected chi connectivity index (χ4v) is 7.15. The molecule has 6 atom stereocenters. The van der Waals surface area contributed by atoms with Gasteiger partial charge in [-0.05, 0) is 106 Å². The number of rotatable bonds is 29. The molecule has 0 aliphatic heterocycles. The molecular formula is C54H62O18. The van der Waals surface area contributed by atoms with Crippen LogP contribution < -0.4 is 28.4 Å². The molecule has 6 rings (SSSR count). The van der Waals surface area contributed by atoms with E-state index in [0.717, 1.165) is 0 Å². The zero-order valence-corrected chi connectivity index (χ0v) is 39.3. The Morgan fingerprint density at radius 1 is 0.264 bits per heavy atom. The van der Waals surface area contributed by atoms with E-state index in [1.807, 2.05) is 24.3 Å². The van der Waals surface area contributed by atoms with Crippen LogP contribution in [0.15, 0.2) is 121 Å². The van der Waals surface area contributed by atoms with Crippen LogP contribution in [-0.2, 0) is 0 Å². The summed E-state index contributed by atoms with van der Waals surface area (Å²) < 4.78 is 35.9. The molecule has 386 valence electrons. The van der Waals surface area contributed by atoms with Crippen molar-refractivity contribution < 1.29 is 89.7 Å². The van der Waals surface area contributed by atoms with E-state index in [-0.39, 0.29) is 51.1 Å². The standard InChI is InChI=1S/C54H62O18/c55-21-39(61)27-67-45-5-1-3-33(15-45)35-7-11-47(51(17-35)69-29-41(63)23-57)49-13-9-37(19-53(49)71-31-43(65)25-59)38-10-14-50(54(20-38)72-32-44(66)26-60)48-12-8-36(18-52(48)70-30-42(64)24-58)34-4-2-6-46(16-34)68-28-40(62)22-56/h1-20,39-44,55-66H,21-32H2. The Labute approximate surface area is 415 Å². The van der Waals surface area contributed by atoms with E-state index in [0.29, 0.717) is 78.6 Å². The average Bonchev–Trinajstić information content (AvgIpc) is 3.42. The maximum Gasteiger partial charge on any atom is 0.128 e. The van der Waals surface area contributed by atoms with Crippen LogP contribution in [-0.4, -0.2) is 177 Å². The molecule has 6 aromatic carbocycles. The summed E-state index contributed by atoms with van der Waals surface area (Å²) in [5.41, 5.74) is 5.95. The van der Waals surface area contributed by atoms with Crippen molar-refractivity contribution >= 4 is 0 Å². The second-order valence-corrected chi connectivity index (χ2v) is 16.8. The van der Waals surface area contributed by atoms with Crippen LogP contribution in [0.2, 0.25) is 0 Å². The van der Waals surface area contributed by atoms with Gasteiger partial charge in [0.25, 0.3) is 0 Å². The van der Waals surface area contributed by atoms with E-state index in [2.05, 4.69) is 0 Å². The Balaban J connectivity index is 1.43. The Hall–Kier alpha value is -6.36. The van der Waals surface area contributed by atoms with Gasteiger partial charge in [-0.3, -0.25) is 0 Å². The molecule has 0 heterocycles. The highest BCUT2D eigenvalue weighted by atomic mass is 16.5. The molecule has 0 saturated carbocycles. The summed E-state index contributed by atoms with van der Waals surface area (Å²) in [7, 11) is 0. The summed E-state index contributed by atoms with van der Waals surface area (Å²) in [4.78, 5) is 0. The van der Waals surface area contributed by atoms with Crippen LogP contribution in [0.5, 0.6) is 34.5 Å². The van der Waals surface area contributed by atoms with Gasteiger partial charge in [-0.2, -0.15) is 0 Å². The monoisotopic (exact) mass is 998 g/mol. The Morgan fingerprint density at radius 3 is 0.722 bits per heavy atom. The molecule has 12 N–H and O–H groups in total. The van der Waals surface area contributed by atoms with Gasteiger partial charge in [-0.15, -0.1) is 0 Å². The fourth-order valence-electron chi connectivity index (χ4n) is 7.15. The van der Waals surface area contributed by atoms with Gasteiger partial charge < -0.3 is 89.7 Å². The van der Waals surface area contributed by atoms with E-state index in [1.165, 1.54) is 0 Å². The fraction of sp³-hybridized carbons (Fsp3) is 0.333. The van der Waals surface area contributed by atoms with Crippen molar-refractivity contribution in [1.29, 1.82) is 0 Å². The summed E-state index contributed by atoms with van der Waals surface area (Å²) in [6.45, 7) is -4.61. The first-order valence-corrected chi connectivity index (χ1v) is 23.1. The predicted octanol–water partition coefficient (Wildman–Crippen LogP) is 2.41. The zero-order chi connectivity index (χ0) is 51.6. The molecule has 0 amide bonds. The van der Waals surface area contributed by atoms with Crippen molar-refractivity contribution in [3.05, 3.63) is 121 Å². The molecule has 0 spiro atoms. The van der Waals surface area contributed by atoms with Crippen LogP contribution >= 0.6 is 0 Å². The van der Waals surface area contributed by atoms with Gasteiger partial charge >= 0.3 is 0 Å². The maximum absolute atomic E-state index is 10.4. The quantitative estimate of drug-likeness (QED) is 0.0321. The molecule has 0 aliphatic rings. The van der Waals surface area contributed by atoms with Gasteiger partial charge in [0.1, 0.15) is 111 Å². The normalized spacial score (nSPS) is 13.9. The molecule has 6 unspecified atom stereocenters. The smallest absolute Gasteiger partial charge is 0.128 e. The molecule has 6 aromatic rings. The molecule has 18 nitrogen and oxygen atoms in total. The molecule has 0 radical (unpaired) electrons. The van der Waals surface area contributed by atoms with Gasteiger partial charge in [0.15, 0.2) is 0 Å². The molecule has 0 fully saturated rings. The highest BCUT2D eigenvalue weighted by Crippen LogP contribution is 2.44. The van der Waals surface area contributed by atoms with E-state index >= 15 is 0 Å². The second-order valence-electron chi connectivity index (χ2n) is 16.8. The van der Waals surface area contributed by atoms with Crippen molar-refractivity contribution in [1.82, 2.24) is 0 Å². The molecule has 0 aliphatic carbocycles. The van der Waals surface area contributed by atoms with Crippen molar-refractivity contribution in [2.75, 3.05) is 79.3 Å². The first-order valence-electron chi connectivity index (χ1n) is 23.1. The number of ether oxygens (including phenoxy) is 6. The van der Waals surface area contributed by atoms with Gasteiger partial charge in [-0.1, -0.05) is 48.5 Å². The lowest BCUT2D eigenvalue weighted by molar-refractivity contribution is 0.0532. The van der Waals surface area contributed by atoms with Crippen molar-refractivity contribution in [2.45, 2.75) is 36.6 Å². The second kappa shape index (κ2) is 27.5. The number of hydrogen-bond donors (Lipinski definition) is 12. The lowest BCUT2D eigenvalue weighted by atomic mass is 9.94. The van der Waals surface area contributed by atoms with Crippen LogP contribution in [0.1, 0.15) is 0 Å². The topological polar surface area (TPSA) is 298 Å². The van der Waals surface area contributed by atoms with Crippen LogP contribution in [0, 0.1) is 0 Å². The predicted molar refractivity (Wildman–Crippen MR) is 265 cm³/mol. The van der Waals surface area contributed by atoms with E-state index < -0.39 is 76.3 Å². The van der Waals surface area contributed by atoms with E-state index in [4.69, 9.17) is 28.4 Å². The maximum atomic E-state index is 10.4. The van der Waals surface area contributed by atoms with E-state index in [9.17, 15) is 61.3 Å². The van der Waals surface area contributed by atoms with Crippen LogP contribution in [0.4, 0.5) is 0 Å². The highest BCUT2D eigenvalue weighted by Gasteiger charge is 2.21. The van der Waals surface area contributed by atoms with Gasteiger partial charge in [0, 0.05) is 22.3 Å². The van der Waals surface area contributed by atoms with Gasteiger partial charge in [-0.25, -0.2) is 0 Å². The van der Waals surface area contributed by atoms with Crippen molar-refractivity contribution in [3.63, 3.8) is 0 Å².